The third-order valence-electron chi connectivity index (χ3n) is 7.73. The molecule has 30 heavy (non-hydrogen) atoms. The molecule has 6 nitrogen and oxygen atoms in total. The number of piperidine rings is 1. The van der Waals surface area contributed by atoms with E-state index in [0.29, 0.717) is 17.0 Å². The van der Waals surface area contributed by atoms with Gasteiger partial charge in [0.25, 0.3) is 5.91 Å². The number of rotatable bonds is 5. The van der Waals surface area contributed by atoms with Gasteiger partial charge >= 0.3 is 0 Å². The van der Waals surface area contributed by atoms with E-state index in [2.05, 4.69) is 40.2 Å². The Balaban J connectivity index is 1.18. The van der Waals surface area contributed by atoms with Gasteiger partial charge in [-0.2, -0.15) is 5.10 Å². The zero-order valence-corrected chi connectivity index (χ0v) is 17.9. The molecule has 158 valence electrons. The largest absolute Gasteiger partial charge is 0.307 e. The maximum absolute atomic E-state index is 12.5. The molecule has 2 atom stereocenters. The zero-order chi connectivity index (χ0) is 20.7. The van der Waals surface area contributed by atoms with Crippen LogP contribution < -0.4 is 5.32 Å². The fourth-order valence-corrected chi connectivity index (χ4v) is 5.63. The molecule has 1 saturated heterocycles. The molecule has 3 aliphatic carbocycles. The van der Waals surface area contributed by atoms with Gasteiger partial charge in [0.05, 0.1) is 17.8 Å². The monoisotopic (exact) mass is 405 g/mol. The minimum atomic E-state index is -0.145. The highest BCUT2D eigenvalue weighted by molar-refractivity contribution is 6.03. The number of anilines is 1. The average molecular weight is 406 g/mol. The summed E-state index contributed by atoms with van der Waals surface area (Å²) in [5.41, 5.74) is 2.73. The highest BCUT2D eigenvalue weighted by atomic mass is 16.1. The van der Waals surface area contributed by atoms with Crippen molar-refractivity contribution in [2.45, 2.75) is 45.6 Å². The summed E-state index contributed by atoms with van der Waals surface area (Å²) >= 11 is 0. The Kier molecular flexibility index (Phi) is 4.97. The van der Waals surface area contributed by atoms with Crippen LogP contribution in [-0.4, -0.2) is 45.2 Å². The first-order valence-electron chi connectivity index (χ1n) is 11.2. The van der Waals surface area contributed by atoms with Gasteiger partial charge in [0.1, 0.15) is 5.82 Å². The van der Waals surface area contributed by atoms with E-state index in [1.165, 1.54) is 12.8 Å². The van der Waals surface area contributed by atoms with Gasteiger partial charge in [-0.3, -0.25) is 14.7 Å². The Bertz CT molecular complexity index is 940. The van der Waals surface area contributed by atoms with Crippen LogP contribution in [0.25, 0.3) is 0 Å². The smallest absolute Gasteiger partial charge is 0.258 e. The first kappa shape index (κ1) is 19.5. The maximum atomic E-state index is 12.5. The van der Waals surface area contributed by atoms with Crippen LogP contribution in [0.3, 0.4) is 0 Å². The van der Waals surface area contributed by atoms with Gasteiger partial charge in [0.2, 0.25) is 0 Å². The molecule has 1 N–H and O–H groups in total. The van der Waals surface area contributed by atoms with E-state index in [1.54, 1.807) is 36.3 Å². The molecule has 6 rings (SSSR count). The summed E-state index contributed by atoms with van der Waals surface area (Å²) < 4.78 is 1.99. The van der Waals surface area contributed by atoms with E-state index in [1.807, 2.05) is 10.7 Å². The fourth-order valence-electron chi connectivity index (χ4n) is 5.63. The van der Waals surface area contributed by atoms with Crippen LogP contribution in [0.5, 0.6) is 0 Å². The molecule has 0 unspecified atom stereocenters. The van der Waals surface area contributed by atoms with E-state index in [4.69, 9.17) is 0 Å². The Hall–Kier alpha value is -2.47. The summed E-state index contributed by atoms with van der Waals surface area (Å²) in [6.07, 6.45) is 12.3. The van der Waals surface area contributed by atoms with Crippen LogP contribution >= 0.6 is 0 Å². The molecule has 0 radical (unpaired) electrons. The van der Waals surface area contributed by atoms with Crippen LogP contribution in [0.4, 0.5) is 5.82 Å². The summed E-state index contributed by atoms with van der Waals surface area (Å²) in [5.74, 6) is 2.30. The van der Waals surface area contributed by atoms with Crippen LogP contribution in [0, 0.1) is 17.3 Å². The van der Waals surface area contributed by atoms with Crippen LogP contribution in [0.1, 0.15) is 55.9 Å². The van der Waals surface area contributed by atoms with Gasteiger partial charge in [0.15, 0.2) is 0 Å². The van der Waals surface area contributed by atoms with E-state index >= 15 is 0 Å². The molecule has 1 aliphatic heterocycles. The number of likely N-dealkylation sites (tertiary alicyclic amines) is 1. The van der Waals surface area contributed by atoms with Crippen molar-refractivity contribution in [3.05, 3.63) is 54.0 Å². The SMILES string of the molecule is CC1(C)[C@H]2CC=C(CN3CCC(n4nccc4NC(=O)c4cccnc4)CC3)[C@@H]1C2. The van der Waals surface area contributed by atoms with E-state index in [-0.39, 0.29) is 5.91 Å². The molecule has 6 heteroatoms. The van der Waals surface area contributed by atoms with E-state index in [9.17, 15) is 4.79 Å². The number of allylic oxidation sites excluding steroid dienone is 1. The second-order valence-corrected chi connectivity index (χ2v) is 9.69. The molecule has 2 aromatic rings. The lowest BCUT2D eigenvalue weighted by Gasteiger charge is -2.57. The van der Waals surface area contributed by atoms with Crippen molar-refractivity contribution in [2.75, 3.05) is 25.0 Å². The molecule has 0 spiro atoms. The maximum Gasteiger partial charge on any atom is 0.258 e. The highest BCUT2D eigenvalue weighted by Crippen LogP contribution is 2.59. The van der Waals surface area contributed by atoms with Crippen molar-refractivity contribution in [1.82, 2.24) is 19.7 Å². The minimum absolute atomic E-state index is 0.145. The second kappa shape index (κ2) is 7.65. The number of hydrogen-bond donors (Lipinski definition) is 1. The molecule has 2 fully saturated rings. The normalized spacial score (nSPS) is 26.0. The Morgan fingerprint density at radius 3 is 2.77 bits per heavy atom. The second-order valence-electron chi connectivity index (χ2n) is 9.69. The average Bonchev–Trinajstić information content (AvgIpc) is 3.23. The van der Waals surface area contributed by atoms with Crippen LogP contribution in [0.2, 0.25) is 0 Å². The van der Waals surface area contributed by atoms with Gasteiger partial charge in [-0.15, -0.1) is 0 Å². The number of amides is 1. The lowest BCUT2D eigenvalue weighted by molar-refractivity contribution is -0.0115. The lowest BCUT2D eigenvalue weighted by Crippen LogP contribution is -2.50. The topological polar surface area (TPSA) is 63.1 Å². The number of fused-ring (bicyclic) bond motifs is 1. The van der Waals surface area contributed by atoms with Gasteiger partial charge in [-0.25, -0.2) is 4.68 Å². The number of aromatic nitrogens is 3. The first-order valence-corrected chi connectivity index (χ1v) is 11.2. The predicted molar refractivity (Wildman–Crippen MR) is 117 cm³/mol. The van der Waals surface area contributed by atoms with Gasteiger partial charge in [-0.1, -0.05) is 25.5 Å². The molecular weight excluding hydrogens is 374 g/mol. The lowest BCUT2D eigenvalue weighted by atomic mass is 9.49. The summed E-state index contributed by atoms with van der Waals surface area (Å²) in [6.45, 7) is 8.17. The molecule has 2 aromatic heterocycles. The fraction of sp³-hybridized carbons (Fsp3) is 0.542. The molecule has 3 heterocycles. The minimum Gasteiger partial charge on any atom is -0.307 e. The van der Waals surface area contributed by atoms with Crippen molar-refractivity contribution < 1.29 is 4.79 Å². The van der Waals surface area contributed by atoms with Crippen molar-refractivity contribution >= 4 is 11.7 Å². The molecule has 0 aromatic carbocycles. The summed E-state index contributed by atoms with van der Waals surface area (Å²) in [6, 6.07) is 5.75. The highest BCUT2D eigenvalue weighted by Gasteiger charge is 2.51. The Morgan fingerprint density at radius 1 is 1.23 bits per heavy atom. The number of hydrogen-bond acceptors (Lipinski definition) is 4. The van der Waals surface area contributed by atoms with Crippen molar-refractivity contribution in [1.29, 1.82) is 0 Å². The van der Waals surface area contributed by atoms with Gasteiger partial charge in [-0.05, 0) is 55.1 Å². The molecule has 4 aliphatic rings. The third kappa shape index (κ3) is 3.47. The summed E-state index contributed by atoms with van der Waals surface area (Å²) in [7, 11) is 0. The van der Waals surface area contributed by atoms with Gasteiger partial charge in [0, 0.05) is 38.1 Å². The van der Waals surface area contributed by atoms with E-state index in [0.717, 1.165) is 50.1 Å². The predicted octanol–water partition coefficient (Wildman–Crippen LogP) is 4.16. The Labute approximate surface area is 178 Å². The number of carbonyl (C=O) groups excluding carboxylic acids is 1. The summed E-state index contributed by atoms with van der Waals surface area (Å²) in [4.78, 5) is 19.1. The van der Waals surface area contributed by atoms with Crippen molar-refractivity contribution in [3.8, 4) is 0 Å². The number of nitrogens with zero attached hydrogens (tertiary/aromatic N) is 4. The molecule has 2 bridgehead atoms. The van der Waals surface area contributed by atoms with Crippen molar-refractivity contribution in [3.63, 3.8) is 0 Å². The number of pyridine rings is 1. The van der Waals surface area contributed by atoms with Gasteiger partial charge < -0.3 is 5.32 Å². The van der Waals surface area contributed by atoms with Crippen molar-refractivity contribution in [2.24, 2.45) is 17.3 Å². The first-order chi connectivity index (χ1) is 14.5. The van der Waals surface area contributed by atoms with Crippen LogP contribution in [-0.2, 0) is 0 Å². The zero-order valence-electron chi connectivity index (χ0n) is 17.9. The Morgan fingerprint density at radius 2 is 2.07 bits per heavy atom. The van der Waals surface area contributed by atoms with E-state index < -0.39 is 0 Å². The molecular formula is C24H31N5O. The standard InChI is InChI=1S/C24H31N5O/c1-24(2)19-6-5-18(21(24)14-19)16-28-12-8-20(9-13-28)29-22(7-11-26-29)27-23(30)17-4-3-10-25-15-17/h3-5,7,10-11,15,19-21H,6,8-9,12-14,16H2,1-2H3,(H,27,30)/t19-,21-/m0/s1. The molecule has 1 saturated carbocycles. The third-order valence-corrected chi connectivity index (χ3v) is 7.73. The van der Waals surface area contributed by atoms with Crippen LogP contribution in [0.15, 0.2) is 48.4 Å². The number of nitrogens with one attached hydrogen (secondary N) is 1. The summed E-state index contributed by atoms with van der Waals surface area (Å²) in [5, 5.41) is 7.52. The molecule has 1 amide bonds. The quantitative estimate of drug-likeness (QED) is 0.759. The number of carbonyl (C=O) groups is 1.